The summed E-state index contributed by atoms with van der Waals surface area (Å²) in [7, 11) is -3.96. The number of morpholine rings is 1. The van der Waals surface area contributed by atoms with Crippen molar-refractivity contribution in [1.29, 1.82) is 0 Å². The van der Waals surface area contributed by atoms with Crippen LogP contribution in [-0.2, 0) is 14.8 Å². The lowest BCUT2D eigenvalue weighted by Gasteiger charge is -2.35. The molecule has 2 aromatic carbocycles. The highest BCUT2D eigenvalue weighted by Crippen LogP contribution is 2.27. The number of nitrogens with zero attached hydrogens (tertiary/aromatic N) is 1. The Morgan fingerprint density at radius 3 is 2.46 bits per heavy atom. The normalized spacial score (nSPS) is 20.1. The second-order valence-corrected chi connectivity index (χ2v) is 9.22. The number of hydrogen-bond acceptors (Lipinski definition) is 4. The molecule has 0 aromatic heterocycles. The van der Waals surface area contributed by atoms with Gasteiger partial charge in [-0.15, -0.1) is 0 Å². The van der Waals surface area contributed by atoms with Crippen molar-refractivity contribution in [3.63, 3.8) is 0 Å². The molecular formula is C19H20Cl2N2O4S. The Kier molecular flexibility index (Phi) is 6.19. The first-order chi connectivity index (χ1) is 13.2. The second kappa shape index (κ2) is 8.29. The molecule has 0 spiro atoms. The number of halogens is 2. The highest BCUT2D eigenvalue weighted by molar-refractivity contribution is 7.92. The van der Waals surface area contributed by atoms with E-state index >= 15 is 0 Å². The quantitative estimate of drug-likeness (QED) is 0.774. The van der Waals surface area contributed by atoms with Gasteiger partial charge in [0.15, 0.2) is 0 Å². The van der Waals surface area contributed by atoms with E-state index in [4.69, 9.17) is 27.9 Å². The van der Waals surface area contributed by atoms with E-state index in [2.05, 4.69) is 4.72 Å². The first-order valence-corrected chi connectivity index (χ1v) is 10.9. The molecule has 1 amide bonds. The van der Waals surface area contributed by atoms with Crippen molar-refractivity contribution in [2.75, 3.05) is 17.8 Å². The third-order valence-corrected chi connectivity index (χ3v) is 6.35. The minimum atomic E-state index is -3.96. The van der Waals surface area contributed by atoms with Crippen LogP contribution in [0.5, 0.6) is 0 Å². The predicted molar refractivity (Wildman–Crippen MR) is 110 cm³/mol. The summed E-state index contributed by atoms with van der Waals surface area (Å²) in [6, 6.07) is 10.5. The van der Waals surface area contributed by atoms with Crippen molar-refractivity contribution in [2.24, 2.45) is 0 Å². The first kappa shape index (κ1) is 20.9. The van der Waals surface area contributed by atoms with Crippen molar-refractivity contribution in [2.45, 2.75) is 31.0 Å². The van der Waals surface area contributed by atoms with Gasteiger partial charge < -0.3 is 9.64 Å². The Morgan fingerprint density at radius 2 is 1.79 bits per heavy atom. The Bertz CT molecular complexity index is 987. The van der Waals surface area contributed by atoms with Gasteiger partial charge in [0, 0.05) is 29.4 Å². The van der Waals surface area contributed by atoms with E-state index in [1.807, 2.05) is 13.8 Å². The lowest BCUT2D eigenvalue weighted by atomic mass is 10.1. The van der Waals surface area contributed by atoms with Crippen LogP contribution in [0.15, 0.2) is 47.4 Å². The summed E-state index contributed by atoms with van der Waals surface area (Å²) < 4.78 is 33.5. The number of carbonyl (C=O) groups is 1. The van der Waals surface area contributed by atoms with Gasteiger partial charge in [-0.05, 0) is 50.2 Å². The van der Waals surface area contributed by atoms with E-state index in [-0.39, 0.29) is 38.7 Å². The third kappa shape index (κ3) is 4.78. The fraction of sp³-hybridized carbons (Fsp3) is 0.316. The number of ether oxygens (including phenoxy) is 1. The molecule has 6 nitrogen and oxygen atoms in total. The van der Waals surface area contributed by atoms with Crippen LogP contribution in [0.4, 0.5) is 5.69 Å². The monoisotopic (exact) mass is 442 g/mol. The zero-order valence-electron chi connectivity index (χ0n) is 15.4. The summed E-state index contributed by atoms with van der Waals surface area (Å²) in [4.78, 5) is 14.4. The van der Waals surface area contributed by atoms with Crippen molar-refractivity contribution in [1.82, 2.24) is 4.90 Å². The molecule has 1 fully saturated rings. The summed E-state index contributed by atoms with van der Waals surface area (Å²) in [6.07, 6.45) is -0.112. The van der Waals surface area contributed by atoms with Crippen LogP contribution >= 0.6 is 23.2 Å². The Labute approximate surface area is 174 Å². The summed E-state index contributed by atoms with van der Waals surface area (Å²) in [5, 5.41) is 0.310. The zero-order valence-corrected chi connectivity index (χ0v) is 17.7. The van der Waals surface area contributed by atoms with Crippen molar-refractivity contribution in [3.8, 4) is 0 Å². The second-order valence-electron chi connectivity index (χ2n) is 6.73. The van der Waals surface area contributed by atoms with Gasteiger partial charge in [-0.1, -0.05) is 29.3 Å². The molecule has 1 saturated heterocycles. The van der Waals surface area contributed by atoms with E-state index in [1.165, 1.54) is 24.3 Å². The molecule has 150 valence electrons. The van der Waals surface area contributed by atoms with Gasteiger partial charge in [0.2, 0.25) is 0 Å². The molecule has 0 saturated carbocycles. The van der Waals surface area contributed by atoms with Gasteiger partial charge in [-0.25, -0.2) is 8.42 Å². The highest BCUT2D eigenvalue weighted by atomic mass is 35.5. The molecule has 1 aliphatic heterocycles. The molecule has 2 atom stereocenters. The molecular weight excluding hydrogens is 423 g/mol. The van der Waals surface area contributed by atoms with Gasteiger partial charge in [0.05, 0.1) is 17.2 Å². The van der Waals surface area contributed by atoms with Gasteiger partial charge in [-0.3, -0.25) is 9.52 Å². The highest BCUT2D eigenvalue weighted by Gasteiger charge is 2.27. The fourth-order valence-electron chi connectivity index (χ4n) is 3.14. The van der Waals surface area contributed by atoms with Crippen LogP contribution in [-0.4, -0.2) is 44.5 Å². The number of hydrogen-bond donors (Lipinski definition) is 1. The lowest BCUT2D eigenvalue weighted by molar-refractivity contribution is -0.0586. The van der Waals surface area contributed by atoms with E-state index in [1.54, 1.807) is 23.1 Å². The van der Waals surface area contributed by atoms with Crippen LogP contribution in [0.25, 0.3) is 0 Å². The van der Waals surface area contributed by atoms with Crippen LogP contribution in [0.1, 0.15) is 24.2 Å². The first-order valence-electron chi connectivity index (χ1n) is 8.68. The molecule has 0 aliphatic carbocycles. The Balaban J connectivity index is 1.83. The maximum absolute atomic E-state index is 12.8. The fourth-order valence-corrected chi connectivity index (χ4v) is 4.95. The predicted octanol–water partition coefficient (Wildman–Crippen LogP) is 4.04. The maximum atomic E-state index is 12.8. The number of anilines is 1. The minimum Gasteiger partial charge on any atom is -0.372 e. The number of benzene rings is 2. The summed E-state index contributed by atoms with van der Waals surface area (Å²) >= 11 is 11.9. The van der Waals surface area contributed by atoms with Gasteiger partial charge in [0.25, 0.3) is 15.9 Å². The Hall–Kier alpha value is -1.80. The maximum Gasteiger partial charge on any atom is 0.263 e. The summed E-state index contributed by atoms with van der Waals surface area (Å²) in [5.74, 6) is -0.177. The molecule has 3 rings (SSSR count). The molecule has 9 heteroatoms. The van der Waals surface area contributed by atoms with Gasteiger partial charge in [-0.2, -0.15) is 0 Å². The van der Waals surface area contributed by atoms with E-state index in [9.17, 15) is 13.2 Å². The van der Waals surface area contributed by atoms with Crippen molar-refractivity contribution in [3.05, 3.63) is 58.1 Å². The van der Waals surface area contributed by atoms with Crippen LogP contribution < -0.4 is 4.72 Å². The lowest BCUT2D eigenvalue weighted by Crippen LogP contribution is -2.48. The number of nitrogens with one attached hydrogen (secondary N) is 1. The van der Waals surface area contributed by atoms with Crippen LogP contribution in [0.2, 0.25) is 10.0 Å². The van der Waals surface area contributed by atoms with E-state index in [0.717, 1.165) is 0 Å². The van der Waals surface area contributed by atoms with Crippen LogP contribution in [0, 0.1) is 0 Å². The van der Waals surface area contributed by atoms with Gasteiger partial charge in [0.1, 0.15) is 4.90 Å². The van der Waals surface area contributed by atoms with Crippen molar-refractivity contribution >= 4 is 44.8 Å². The number of carbonyl (C=O) groups excluding carboxylic acids is 1. The molecule has 0 bridgehead atoms. The van der Waals surface area contributed by atoms with E-state index in [0.29, 0.717) is 18.7 Å². The van der Waals surface area contributed by atoms with Gasteiger partial charge >= 0.3 is 0 Å². The zero-order chi connectivity index (χ0) is 20.5. The number of sulfonamides is 1. The topological polar surface area (TPSA) is 75.7 Å². The van der Waals surface area contributed by atoms with E-state index < -0.39 is 10.0 Å². The van der Waals surface area contributed by atoms with Crippen molar-refractivity contribution < 1.29 is 17.9 Å². The molecule has 28 heavy (non-hydrogen) atoms. The largest absolute Gasteiger partial charge is 0.372 e. The third-order valence-electron chi connectivity index (χ3n) is 4.25. The molecule has 2 aromatic rings. The minimum absolute atomic E-state index is 0.0559. The standard InChI is InChI=1S/C19H20Cl2N2O4S/c1-12-10-23(11-13(2)27-12)19(24)14-4-3-5-16(8-14)22-28(25,26)18-9-15(20)6-7-17(18)21/h3-9,12-13,22H,10-11H2,1-2H3. The Morgan fingerprint density at radius 1 is 1.11 bits per heavy atom. The van der Waals surface area contributed by atoms with Crippen LogP contribution in [0.3, 0.4) is 0 Å². The summed E-state index contributed by atoms with van der Waals surface area (Å²) in [6.45, 7) is 4.79. The molecule has 1 aliphatic rings. The average molecular weight is 443 g/mol. The molecule has 1 N–H and O–H groups in total. The molecule has 0 radical (unpaired) electrons. The average Bonchev–Trinajstić information content (AvgIpc) is 2.62. The molecule has 2 unspecified atom stereocenters. The molecule has 1 heterocycles. The SMILES string of the molecule is CC1CN(C(=O)c2cccc(NS(=O)(=O)c3cc(Cl)ccc3Cl)c2)CC(C)O1. The smallest absolute Gasteiger partial charge is 0.263 e. The number of amides is 1. The number of rotatable bonds is 4. The summed E-state index contributed by atoms with van der Waals surface area (Å²) in [5.41, 5.74) is 0.648.